The Hall–Kier alpha value is -0.750. The van der Waals surface area contributed by atoms with Crippen molar-refractivity contribution in [2.45, 2.75) is 24.8 Å². The van der Waals surface area contributed by atoms with Crippen LogP contribution in [0.2, 0.25) is 0 Å². The Morgan fingerprint density at radius 1 is 1.50 bits per heavy atom. The Morgan fingerprint density at radius 3 is 3.11 bits per heavy atom. The molecule has 0 spiro atoms. The van der Waals surface area contributed by atoms with Gasteiger partial charge in [0.1, 0.15) is 0 Å². The minimum absolute atomic E-state index is 0.135. The van der Waals surface area contributed by atoms with Crippen LogP contribution in [0.1, 0.15) is 34.5 Å². The topological polar surface area (TPSA) is 50.9 Å². The Labute approximate surface area is 119 Å². The van der Waals surface area contributed by atoms with Crippen molar-refractivity contribution >= 4 is 27.3 Å². The molecule has 3 N–H and O–H groups in total. The monoisotopic (exact) mass is 323 g/mol. The van der Waals surface area contributed by atoms with Gasteiger partial charge < -0.3 is 0 Å². The number of nitrogens with two attached hydrogens (primary N) is 1. The fraction of sp³-hybridized carbons (Fsp3) is 0.308. The highest BCUT2D eigenvalue weighted by atomic mass is 79.9. The highest BCUT2D eigenvalue weighted by molar-refractivity contribution is 9.10. The molecule has 2 heterocycles. The molecule has 3 nitrogen and oxygen atoms in total. The number of pyridine rings is 1. The van der Waals surface area contributed by atoms with Crippen LogP contribution in [0, 0.1) is 0 Å². The van der Waals surface area contributed by atoms with Gasteiger partial charge in [-0.2, -0.15) is 0 Å². The van der Waals surface area contributed by atoms with Crippen LogP contribution in [0.15, 0.2) is 34.2 Å². The van der Waals surface area contributed by atoms with Crippen LogP contribution in [0.5, 0.6) is 0 Å². The zero-order valence-electron chi connectivity index (χ0n) is 9.77. The van der Waals surface area contributed by atoms with Gasteiger partial charge in [0.25, 0.3) is 0 Å². The highest BCUT2D eigenvalue weighted by Crippen LogP contribution is 2.43. The van der Waals surface area contributed by atoms with Gasteiger partial charge in [-0.25, -0.2) is 0 Å². The standard InChI is InChI=1S/C13H14BrN3S/c14-10-5-7-18-13(10)12(17-15)9-4-3-8-2-1-6-16-11(8)9/h1-2,5-7,9,12,17H,3-4,15H2. The summed E-state index contributed by atoms with van der Waals surface area (Å²) in [6.45, 7) is 0. The molecule has 18 heavy (non-hydrogen) atoms. The zero-order valence-corrected chi connectivity index (χ0v) is 12.2. The Kier molecular flexibility index (Phi) is 3.48. The molecule has 2 unspecified atom stereocenters. The summed E-state index contributed by atoms with van der Waals surface area (Å²) < 4.78 is 1.12. The number of aryl methyl sites for hydroxylation is 1. The van der Waals surface area contributed by atoms with Gasteiger partial charge in [0.05, 0.1) is 6.04 Å². The molecule has 0 amide bonds. The van der Waals surface area contributed by atoms with Crippen molar-refractivity contribution in [3.63, 3.8) is 0 Å². The van der Waals surface area contributed by atoms with E-state index in [-0.39, 0.29) is 6.04 Å². The molecule has 0 saturated carbocycles. The SMILES string of the molecule is NNC(c1sccc1Br)C1CCc2cccnc21. The van der Waals surface area contributed by atoms with E-state index < -0.39 is 0 Å². The molecule has 94 valence electrons. The summed E-state index contributed by atoms with van der Waals surface area (Å²) in [5, 5.41) is 2.08. The first-order chi connectivity index (χ1) is 8.81. The molecule has 0 bridgehead atoms. The molecule has 0 aromatic carbocycles. The van der Waals surface area contributed by atoms with Gasteiger partial charge in [-0.1, -0.05) is 6.07 Å². The van der Waals surface area contributed by atoms with Crippen LogP contribution in [-0.4, -0.2) is 4.98 Å². The average Bonchev–Trinajstić information content (AvgIpc) is 2.99. The number of hydrogen-bond acceptors (Lipinski definition) is 4. The van der Waals surface area contributed by atoms with Gasteiger partial charge >= 0.3 is 0 Å². The number of fused-ring (bicyclic) bond motifs is 1. The van der Waals surface area contributed by atoms with Gasteiger partial charge in [-0.15, -0.1) is 11.3 Å². The summed E-state index contributed by atoms with van der Waals surface area (Å²) >= 11 is 5.32. The van der Waals surface area contributed by atoms with Crippen LogP contribution in [0.3, 0.4) is 0 Å². The number of thiophene rings is 1. The van der Waals surface area contributed by atoms with Gasteiger partial charge in [-0.3, -0.25) is 16.3 Å². The molecule has 1 aliphatic rings. The van der Waals surface area contributed by atoms with Crippen molar-refractivity contribution in [3.8, 4) is 0 Å². The quantitative estimate of drug-likeness (QED) is 0.674. The lowest BCUT2D eigenvalue weighted by atomic mass is 9.96. The second-order valence-electron chi connectivity index (χ2n) is 4.47. The van der Waals surface area contributed by atoms with Crippen LogP contribution in [0.4, 0.5) is 0 Å². The van der Waals surface area contributed by atoms with E-state index in [1.54, 1.807) is 11.3 Å². The number of rotatable bonds is 3. The third kappa shape index (κ3) is 2.01. The second kappa shape index (κ2) is 5.09. The number of halogens is 1. The largest absolute Gasteiger partial charge is 0.271 e. The molecule has 0 aliphatic heterocycles. The molecule has 2 atom stereocenters. The van der Waals surface area contributed by atoms with Crippen LogP contribution in [-0.2, 0) is 6.42 Å². The fourth-order valence-corrected chi connectivity index (χ4v) is 4.41. The van der Waals surface area contributed by atoms with Crippen molar-refractivity contribution in [3.05, 3.63) is 50.4 Å². The van der Waals surface area contributed by atoms with Crippen LogP contribution >= 0.6 is 27.3 Å². The van der Waals surface area contributed by atoms with Crippen LogP contribution < -0.4 is 11.3 Å². The van der Waals surface area contributed by atoms with E-state index in [0.717, 1.165) is 17.3 Å². The number of hydrazine groups is 1. The maximum atomic E-state index is 5.78. The van der Waals surface area contributed by atoms with E-state index in [9.17, 15) is 0 Å². The van der Waals surface area contributed by atoms with E-state index in [1.165, 1.54) is 16.1 Å². The molecule has 2 aromatic rings. The summed E-state index contributed by atoms with van der Waals surface area (Å²) in [5.74, 6) is 6.14. The van der Waals surface area contributed by atoms with Crippen molar-refractivity contribution in [2.24, 2.45) is 5.84 Å². The maximum Gasteiger partial charge on any atom is 0.0648 e. The molecular weight excluding hydrogens is 310 g/mol. The van der Waals surface area contributed by atoms with Gasteiger partial charge in [-0.05, 0) is 51.8 Å². The van der Waals surface area contributed by atoms with E-state index >= 15 is 0 Å². The predicted molar refractivity (Wildman–Crippen MR) is 77.4 cm³/mol. The smallest absolute Gasteiger partial charge is 0.0648 e. The van der Waals surface area contributed by atoms with Crippen molar-refractivity contribution < 1.29 is 0 Å². The molecular formula is C13H14BrN3S. The van der Waals surface area contributed by atoms with E-state index in [4.69, 9.17) is 5.84 Å². The lowest BCUT2D eigenvalue weighted by Crippen LogP contribution is -2.31. The van der Waals surface area contributed by atoms with E-state index in [1.807, 2.05) is 12.3 Å². The highest BCUT2D eigenvalue weighted by Gasteiger charge is 2.32. The molecule has 3 rings (SSSR count). The minimum atomic E-state index is 0.135. The van der Waals surface area contributed by atoms with Gasteiger partial charge in [0, 0.05) is 27.2 Å². The summed E-state index contributed by atoms with van der Waals surface area (Å²) in [4.78, 5) is 5.79. The first-order valence-corrected chi connectivity index (χ1v) is 7.61. The summed E-state index contributed by atoms with van der Waals surface area (Å²) in [5.41, 5.74) is 5.52. The Morgan fingerprint density at radius 2 is 2.39 bits per heavy atom. The third-order valence-corrected chi connectivity index (χ3v) is 5.47. The lowest BCUT2D eigenvalue weighted by molar-refractivity contribution is 0.452. The third-order valence-electron chi connectivity index (χ3n) is 3.51. The summed E-state index contributed by atoms with van der Waals surface area (Å²) in [6.07, 6.45) is 4.06. The first-order valence-electron chi connectivity index (χ1n) is 5.94. The molecule has 0 saturated heterocycles. The number of nitrogens with zero attached hydrogens (tertiary/aromatic N) is 1. The first kappa shape index (κ1) is 12.3. The van der Waals surface area contributed by atoms with Crippen molar-refractivity contribution in [1.82, 2.24) is 10.4 Å². The molecule has 5 heteroatoms. The Balaban J connectivity index is 1.98. The number of aromatic nitrogens is 1. The van der Waals surface area contributed by atoms with E-state index in [2.05, 4.69) is 43.9 Å². The second-order valence-corrected chi connectivity index (χ2v) is 6.27. The maximum absolute atomic E-state index is 5.78. The van der Waals surface area contributed by atoms with E-state index in [0.29, 0.717) is 5.92 Å². The van der Waals surface area contributed by atoms with Crippen molar-refractivity contribution in [2.75, 3.05) is 0 Å². The normalized spacial score (nSPS) is 19.8. The minimum Gasteiger partial charge on any atom is -0.271 e. The molecule has 0 fully saturated rings. The van der Waals surface area contributed by atoms with Gasteiger partial charge in [0.15, 0.2) is 0 Å². The fourth-order valence-electron chi connectivity index (χ4n) is 2.67. The summed E-state index contributed by atoms with van der Waals surface area (Å²) in [7, 11) is 0. The predicted octanol–water partition coefficient (Wildman–Crippen LogP) is 3.14. The molecule has 0 radical (unpaired) electrons. The average molecular weight is 324 g/mol. The van der Waals surface area contributed by atoms with Crippen LogP contribution in [0.25, 0.3) is 0 Å². The number of nitrogens with one attached hydrogen (secondary N) is 1. The van der Waals surface area contributed by atoms with Crippen molar-refractivity contribution in [1.29, 1.82) is 0 Å². The van der Waals surface area contributed by atoms with Gasteiger partial charge in [0.2, 0.25) is 0 Å². The zero-order chi connectivity index (χ0) is 12.5. The molecule has 2 aromatic heterocycles. The lowest BCUT2D eigenvalue weighted by Gasteiger charge is -2.22. The Bertz CT molecular complexity index is 555. The summed E-state index contributed by atoms with van der Waals surface area (Å²) in [6, 6.07) is 6.38. The number of hydrogen-bond donors (Lipinski definition) is 2. The molecule has 1 aliphatic carbocycles.